The van der Waals surface area contributed by atoms with Gasteiger partial charge < -0.3 is 19.5 Å². The van der Waals surface area contributed by atoms with Gasteiger partial charge in [-0.15, -0.1) is 13.2 Å². The third-order valence-corrected chi connectivity index (χ3v) is 4.62. The minimum atomic E-state index is -4.79. The van der Waals surface area contributed by atoms with Crippen LogP contribution < -0.4 is 19.5 Å². The van der Waals surface area contributed by atoms with Crippen molar-refractivity contribution in [1.29, 1.82) is 0 Å². The number of rotatable bonds is 9. The fraction of sp³-hybridized carbons (Fsp3) is 0.474. The molecule has 1 atom stereocenters. The van der Waals surface area contributed by atoms with Gasteiger partial charge in [0.15, 0.2) is 5.82 Å². The highest BCUT2D eigenvalue weighted by Gasteiger charge is 2.31. The summed E-state index contributed by atoms with van der Waals surface area (Å²) < 4.78 is 53.0. The molecule has 0 saturated carbocycles. The van der Waals surface area contributed by atoms with E-state index in [9.17, 15) is 13.2 Å². The van der Waals surface area contributed by atoms with Crippen LogP contribution in [0.2, 0.25) is 0 Å². The molecule has 0 aliphatic heterocycles. The van der Waals surface area contributed by atoms with Crippen molar-refractivity contribution >= 4 is 21.7 Å². The molecule has 0 aliphatic rings. The van der Waals surface area contributed by atoms with Crippen molar-refractivity contribution in [2.24, 2.45) is 0 Å². The Hall–Kier alpha value is -2.23. The summed E-state index contributed by atoms with van der Waals surface area (Å²) >= 11 is 3.38. The van der Waals surface area contributed by atoms with Crippen LogP contribution in [0.15, 0.2) is 22.8 Å². The van der Waals surface area contributed by atoms with Gasteiger partial charge in [-0.25, -0.2) is 9.97 Å². The van der Waals surface area contributed by atoms with Crippen LogP contribution in [-0.2, 0) is 0 Å². The van der Waals surface area contributed by atoms with Crippen LogP contribution in [-0.4, -0.2) is 36.6 Å². The predicted octanol–water partition coefficient (Wildman–Crippen LogP) is 5.81. The van der Waals surface area contributed by atoms with Gasteiger partial charge >= 0.3 is 6.36 Å². The summed E-state index contributed by atoms with van der Waals surface area (Å²) in [6, 6.07) is 3.77. The standard InChI is InChI=1S/C19H23BrF3N3O3/c1-5-7-11(6-2)28-18-17(24-3)25-15(16(20)26-18)13-9-8-12(10-14(13)27-4)29-19(21,22)23/h8-11H,5-7H2,1-4H3,(H,24,25)/t11-/m1/s1. The number of nitrogens with one attached hydrogen (secondary N) is 1. The highest BCUT2D eigenvalue weighted by Crippen LogP contribution is 2.39. The molecule has 2 aromatic rings. The maximum Gasteiger partial charge on any atom is 0.573 e. The molecule has 2 rings (SSSR count). The van der Waals surface area contributed by atoms with Gasteiger partial charge in [-0.05, 0) is 40.9 Å². The van der Waals surface area contributed by atoms with Crippen molar-refractivity contribution in [2.75, 3.05) is 19.5 Å². The summed E-state index contributed by atoms with van der Waals surface area (Å²) in [4.78, 5) is 8.98. The van der Waals surface area contributed by atoms with Crippen LogP contribution in [0, 0.1) is 0 Å². The van der Waals surface area contributed by atoms with Gasteiger partial charge in [-0.2, -0.15) is 0 Å². The molecule has 0 radical (unpaired) electrons. The number of alkyl halides is 3. The lowest BCUT2D eigenvalue weighted by molar-refractivity contribution is -0.274. The lowest BCUT2D eigenvalue weighted by Crippen LogP contribution is -2.17. The number of nitrogens with zero attached hydrogens (tertiary/aromatic N) is 2. The normalized spacial score (nSPS) is 12.4. The molecule has 0 amide bonds. The Kier molecular flexibility index (Phi) is 7.95. The second-order valence-electron chi connectivity index (χ2n) is 6.11. The Bertz CT molecular complexity index is 834. The Morgan fingerprint density at radius 1 is 1.21 bits per heavy atom. The minimum absolute atomic E-state index is 0.00693. The SMILES string of the molecule is CCC[C@@H](CC)Oc1nc(Br)c(-c2ccc(OC(F)(F)F)cc2OC)nc1NC. The Labute approximate surface area is 175 Å². The van der Waals surface area contributed by atoms with Crippen LogP contribution in [0.1, 0.15) is 33.1 Å². The first kappa shape index (κ1) is 23.1. The van der Waals surface area contributed by atoms with E-state index in [2.05, 4.69) is 42.9 Å². The second-order valence-corrected chi connectivity index (χ2v) is 6.86. The van der Waals surface area contributed by atoms with Gasteiger partial charge in [0.2, 0.25) is 0 Å². The van der Waals surface area contributed by atoms with Gasteiger partial charge in [0.1, 0.15) is 27.9 Å². The quantitative estimate of drug-likeness (QED) is 0.491. The van der Waals surface area contributed by atoms with E-state index >= 15 is 0 Å². The lowest BCUT2D eigenvalue weighted by atomic mass is 10.1. The maximum atomic E-state index is 12.5. The Morgan fingerprint density at radius 2 is 1.93 bits per heavy atom. The van der Waals surface area contributed by atoms with Crippen LogP contribution >= 0.6 is 15.9 Å². The topological polar surface area (TPSA) is 65.5 Å². The first-order valence-electron chi connectivity index (χ1n) is 9.08. The highest BCUT2D eigenvalue weighted by atomic mass is 79.9. The van der Waals surface area contributed by atoms with E-state index in [4.69, 9.17) is 9.47 Å². The van der Waals surface area contributed by atoms with Gasteiger partial charge in [-0.1, -0.05) is 20.3 Å². The van der Waals surface area contributed by atoms with Crippen LogP contribution in [0.5, 0.6) is 17.4 Å². The number of hydrogen-bond acceptors (Lipinski definition) is 6. The third-order valence-electron chi connectivity index (χ3n) is 4.06. The second kappa shape index (κ2) is 10.00. The highest BCUT2D eigenvalue weighted by molar-refractivity contribution is 9.10. The lowest BCUT2D eigenvalue weighted by Gasteiger charge is -2.19. The van der Waals surface area contributed by atoms with Crippen molar-refractivity contribution in [2.45, 2.75) is 45.6 Å². The fourth-order valence-electron chi connectivity index (χ4n) is 2.71. The molecular weight excluding hydrogens is 455 g/mol. The van der Waals surface area contributed by atoms with E-state index in [1.807, 2.05) is 6.92 Å². The van der Waals surface area contributed by atoms with Crippen molar-refractivity contribution in [3.05, 3.63) is 22.8 Å². The third kappa shape index (κ3) is 6.12. The van der Waals surface area contributed by atoms with E-state index in [0.717, 1.165) is 25.3 Å². The van der Waals surface area contributed by atoms with Crippen molar-refractivity contribution in [3.8, 4) is 28.6 Å². The zero-order chi connectivity index (χ0) is 21.6. The monoisotopic (exact) mass is 477 g/mol. The number of hydrogen-bond donors (Lipinski definition) is 1. The van der Waals surface area contributed by atoms with Crippen molar-refractivity contribution in [3.63, 3.8) is 0 Å². The zero-order valence-electron chi connectivity index (χ0n) is 16.6. The molecule has 0 bridgehead atoms. The summed E-state index contributed by atoms with van der Waals surface area (Å²) in [5, 5.41) is 2.95. The Balaban J connectivity index is 2.44. The van der Waals surface area contributed by atoms with E-state index in [-0.39, 0.29) is 17.6 Å². The van der Waals surface area contributed by atoms with Crippen molar-refractivity contribution in [1.82, 2.24) is 9.97 Å². The summed E-state index contributed by atoms with van der Waals surface area (Å²) in [6.45, 7) is 4.11. The minimum Gasteiger partial charge on any atom is -0.496 e. The summed E-state index contributed by atoms with van der Waals surface area (Å²) in [7, 11) is 3.04. The predicted molar refractivity (Wildman–Crippen MR) is 108 cm³/mol. The molecule has 1 N–H and O–H groups in total. The van der Waals surface area contributed by atoms with Crippen LogP contribution in [0.3, 0.4) is 0 Å². The van der Waals surface area contributed by atoms with E-state index < -0.39 is 6.36 Å². The number of ether oxygens (including phenoxy) is 3. The molecule has 160 valence electrons. The van der Waals surface area contributed by atoms with Crippen LogP contribution in [0.4, 0.5) is 19.0 Å². The zero-order valence-corrected chi connectivity index (χ0v) is 18.1. The number of anilines is 1. The van der Waals surface area contributed by atoms with Crippen LogP contribution in [0.25, 0.3) is 11.3 Å². The number of halogens is 4. The molecule has 0 spiro atoms. The largest absolute Gasteiger partial charge is 0.573 e. The molecule has 1 aromatic heterocycles. The van der Waals surface area contributed by atoms with Gasteiger partial charge in [-0.3, -0.25) is 0 Å². The molecule has 29 heavy (non-hydrogen) atoms. The summed E-state index contributed by atoms with van der Waals surface area (Å²) in [6.07, 6.45) is -2.10. The molecule has 1 heterocycles. The molecule has 0 unspecified atom stereocenters. The average Bonchev–Trinajstić information content (AvgIpc) is 2.66. The van der Waals surface area contributed by atoms with E-state index in [1.54, 1.807) is 7.05 Å². The fourth-order valence-corrected chi connectivity index (χ4v) is 3.17. The number of methoxy groups -OCH3 is 1. The van der Waals surface area contributed by atoms with Gasteiger partial charge in [0.05, 0.1) is 7.11 Å². The maximum absolute atomic E-state index is 12.5. The van der Waals surface area contributed by atoms with E-state index in [0.29, 0.717) is 27.6 Å². The molecule has 10 heteroatoms. The molecule has 0 fully saturated rings. The number of benzene rings is 1. The van der Waals surface area contributed by atoms with Crippen molar-refractivity contribution < 1.29 is 27.4 Å². The molecular formula is C19H23BrF3N3O3. The first-order valence-corrected chi connectivity index (χ1v) is 9.87. The average molecular weight is 478 g/mol. The van der Waals surface area contributed by atoms with Gasteiger partial charge in [0.25, 0.3) is 5.88 Å². The smallest absolute Gasteiger partial charge is 0.496 e. The summed E-state index contributed by atoms with van der Waals surface area (Å²) in [5.41, 5.74) is 0.839. The van der Waals surface area contributed by atoms with Gasteiger partial charge in [0, 0.05) is 18.7 Å². The molecule has 6 nitrogen and oxygen atoms in total. The van der Waals surface area contributed by atoms with E-state index in [1.165, 1.54) is 19.2 Å². The summed E-state index contributed by atoms with van der Waals surface area (Å²) in [5.74, 6) is 0.533. The molecule has 1 aromatic carbocycles. The Morgan fingerprint density at radius 3 is 2.48 bits per heavy atom. The molecule has 0 saturated heterocycles. The first-order chi connectivity index (χ1) is 13.7. The molecule has 0 aliphatic carbocycles. The number of aromatic nitrogens is 2.